The first-order chi connectivity index (χ1) is 9.11. The SMILES string of the molecule is CCOC(=O)C1CCN(c2ccc(N)c(F)c2)CC1. The summed E-state index contributed by atoms with van der Waals surface area (Å²) in [6.07, 6.45) is 1.48. The number of nitrogens with zero attached hydrogens (tertiary/aromatic N) is 1. The summed E-state index contributed by atoms with van der Waals surface area (Å²) < 4.78 is 18.4. The minimum absolute atomic E-state index is 0.0326. The van der Waals surface area contributed by atoms with Gasteiger partial charge in [0.1, 0.15) is 5.82 Å². The Morgan fingerprint density at radius 3 is 2.74 bits per heavy atom. The van der Waals surface area contributed by atoms with Crippen molar-refractivity contribution in [2.24, 2.45) is 5.92 Å². The summed E-state index contributed by atoms with van der Waals surface area (Å²) >= 11 is 0. The van der Waals surface area contributed by atoms with Gasteiger partial charge in [-0.05, 0) is 38.0 Å². The van der Waals surface area contributed by atoms with Crippen molar-refractivity contribution in [2.45, 2.75) is 19.8 Å². The maximum atomic E-state index is 13.4. The van der Waals surface area contributed by atoms with Gasteiger partial charge < -0.3 is 15.4 Å². The molecule has 0 atom stereocenters. The fourth-order valence-corrected chi connectivity index (χ4v) is 2.35. The zero-order valence-corrected chi connectivity index (χ0v) is 11.1. The molecule has 1 aliphatic rings. The van der Waals surface area contributed by atoms with Gasteiger partial charge in [0, 0.05) is 18.8 Å². The third-order valence-corrected chi connectivity index (χ3v) is 3.46. The third-order valence-electron chi connectivity index (χ3n) is 3.46. The third kappa shape index (κ3) is 3.16. The van der Waals surface area contributed by atoms with E-state index in [0.29, 0.717) is 6.61 Å². The van der Waals surface area contributed by atoms with Crippen LogP contribution in [0.3, 0.4) is 0 Å². The minimum atomic E-state index is -0.398. The molecule has 0 unspecified atom stereocenters. The molecule has 104 valence electrons. The van der Waals surface area contributed by atoms with E-state index in [9.17, 15) is 9.18 Å². The number of nitrogens with two attached hydrogens (primary N) is 1. The first-order valence-electron chi connectivity index (χ1n) is 6.58. The van der Waals surface area contributed by atoms with Crippen molar-refractivity contribution in [1.82, 2.24) is 0 Å². The van der Waals surface area contributed by atoms with Gasteiger partial charge in [-0.3, -0.25) is 4.79 Å². The van der Waals surface area contributed by atoms with Crippen molar-refractivity contribution in [2.75, 3.05) is 30.3 Å². The number of halogens is 1. The molecule has 0 bridgehead atoms. The van der Waals surface area contributed by atoms with E-state index >= 15 is 0 Å². The maximum absolute atomic E-state index is 13.4. The highest BCUT2D eigenvalue weighted by molar-refractivity contribution is 5.73. The number of carbonyl (C=O) groups excluding carboxylic acids is 1. The van der Waals surface area contributed by atoms with Crippen LogP contribution in [-0.2, 0) is 9.53 Å². The van der Waals surface area contributed by atoms with Crippen molar-refractivity contribution in [3.05, 3.63) is 24.0 Å². The molecule has 5 heteroatoms. The topological polar surface area (TPSA) is 55.6 Å². The highest BCUT2D eigenvalue weighted by Gasteiger charge is 2.26. The average molecular weight is 266 g/mol. The van der Waals surface area contributed by atoms with E-state index in [1.165, 1.54) is 6.07 Å². The van der Waals surface area contributed by atoms with Gasteiger partial charge >= 0.3 is 5.97 Å². The van der Waals surface area contributed by atoms with E-state index in [2.05, 4.69) is 4.90 Å². The average Bonchev–Trinajstić information content (AvgIpc) is 2.42. The zero-order valence-electron chi connectivity index (χ0n) is 11.1. The van der Waals surface area contributed by atoms with Gasteiger partial charge in [-0.15, -0.1) is 0 Å². The second kappa shape index (κ2) is 5.91. The Hall–Kier alpha value is -1.78. The summed E-state index contributed by atoms with van der Waals surface area (Å²) in [6, 6.07) is 4.82. The summed E-state index contributed by atoms with van der Waals surface area (Å²) in [4.78, 5) is 13.7. The molecule has 1 fully saturated rings. The van der Waals surface area contributed by atoms with Gasteiger partial charge in [0.05, 0.1) is 18.2 Å². The Kier molecular flexibility index (Phi) is 4.24. The number of carbonyl (C=O) groups is 1. The summed E-state index contributed by atoms with van der Waals surface area (Å²) in [6.45, 7) is 3.69. The molecule has 1 aromatic rings. The molecule has 19 heavy (non-hydrogen) atoms. The highest BCUT2D eigenvalue weighted by Crippen LogP contribution is 2.26. The van der Waals surface area contributed by atoms with Crippen molar-refractivity contribution in [3.8, 4) is 0 Å². The van der Waals surface area contributed by atoms with E-state index in [1.807, 2.05) is 13.0 Å². The van der Waals surface area contributed by atoms with Gasteiger partial charge in [-0.1, -0.05) is 0 Å². The maximum Gasteiger partial charge on any atom is 0.309 e. The number of hydrogen-bond acceptors (Lipinski definition) is 4. The molecule has 2 N–H and O–H groups in total. The van der Waals surface area contributed by atoms with Gasteiger partial charge in [0.2, 0.25) is 0 Å². The van der Waals surface area contributed by atoms with Crippen LogP contribution in [0.25, 0.3) is 0 Å². The molecule has 1 saturated heterocycles. The van der Waals surface area contributed by atoms with Crippen LogP contribution in [0.5, 0.6) is 0 Å². The molecular weight excluding hydrogens is 247 g/mol. The van der Waals surface area contributed by atoms with Crippen LogP contribution in [0.4, 0.5) is 15.8 Å². The van der Waals surface area contributed by atoms with Gasteiger partial charge in [0.25, 0.3) is 0 Å². The van der Waals surface area contributed by atoms with Crippen molar-refractivity contribution < 1.29 is 13.9 Å². The Morgan fingerprint density at radius 2 is 2.16 bits per heavy atom. The second-order valence-corrected chi connectivity index (χ2v) is 4.72. The zero-order chi connectivity index (χ0) is 13.8. The lowest BCUT2D eigenvalue weighted by molar-refractivity contribution is -0.148. The smallest absolute Gasteiger partial charge is 0.309 e. The molecule has 2 rings (SSSR count). The predicted octanol–water partition coefficient (Wildman–Crippen LogP) is 2.19. The Labute approximate surface area is 112 Å². The Morgan fingerprint density at radius 1 is 1.47 bits per heavy atom. The highest BCUT2D eigenvalue weighted by atomic mass is 19.1. The minimum Gasteiger partial charge on any atom is -0.466 e. The fourth-order valence-electron chi connectivity index (χ4n) is 2.35. The van der Waals surface area contributed by atoms with Crippen LogP contribution < -0.4 is 10.6 Å². The van der Waals surface area contributed by atoms with Crippen LogP contribution in [0.1, 0.15) is 19.8 Å². The Balaban J connectivity index is 1.96. The largest absolute Gasteiger partial charge is 0.466 e. The number of nitrogen functional groups attached to an aromatic ring is 1. The predicted molar refractivity (Wildman–Crippen MR) is 72.4 cm³/mol. The molecule has 0 amide bonds. The van der Waals surface area contributed by atoms with Gasteiger partial charge in [-0.25, -0.2) is 4.39 Å². The van der Waals surface area contributed by atoms with E-state index < -0.39 is 5.82 Å². The van der Waals surface area contributed by atoms with Crippen LogP contribution in [0.15, 0.2) is 18.2 Å². The number of rotatable bonds is 3. The molecule has 0 radical (unpaired) electrons. The fraction of sp³-hybridized carbons (Fsp3) is 0.500. The molecular formula is C14H19FN2O2. The Bertz CT molecular complexity index is 457. The first-order valence-corrected chi connectivity index (χ1v) is 6.58. The number of hydrogen-bond donors (Lipinski definition) is 1. The molecule has 1 aromatic carbocycles. The summed E-state index contributed by atoms with van der Waals surface area (Å²) in [5.41, 5.74) is 6.43. The molecule has 0 aliphatic carbocycles. The molecule has 1 heterocycles. The van der Waals surface area contributed by atoms with Crippen molar-refractivity contribution in [1.29, 1.82) is 0 Å². The van der Waals surface area contributed by atoms with Crippen molar-refractivity contribution >= 4 is 17.3 Å². The number of anilines is 2. The van der Waals surface area contributed by atoms with Crippen LogP contribution in [0.2, 0.25) is 0 Å². The van der Waals surface area contributed by atoms with E-state index in [4.69, 9.17) is 10.5 Å². The van der Waals surface area contributed by atoms with Crippen LogP contribution >= 0.6 is 0 Å². The molecule has 0 spiro atoms. The van der Waals surface area contributed by atoms with Crippen LogP contribution in [0, 0.1) is 11.7 Å². The normalized spacial score (nSPS) is 16.4. The summed E-state index contributed by atoms with van der Waals surface area (Å²) in [7, 11) is 0. The standard InChI is InChI=1S/C14H19FN2O2/c1-2-19-14(18)10-5-7-17(8-6-10)11-3-4-13(16)12(15)9-11/h3-4,9-10H,2,5-8,16H2,1H3. The lowest BCUT2D eigenvalue weighted by atomic mass is 9.96. The molecule has 4 nitrogen and oxygen atoms in total. The first kappa shape index (κ1) is 13.6. The summed E-state index contributed by atoms with van der Waals surface area (Å²) in [5, 5.41) is 0. The van der Waals surface area contributed by atoms with E-state index in [0.717, 1.165) is 31.6 Å². The van der Waals surface area contributed by atoms with Gasteiger partial charge in [0.15, 0.2) is 0 Å². The summed E-state index contributed by atoms with van der Waals surface area (Å²) in [5.74, 6) is -0.550. The van der Waals surface area contributed by atoms with Crippen LogP contribution in [-0.4, -0.2) is 25.7 Å². The number of benzene rings is 1. The number of esters is 1. The van der Waals surface area contributed by atoms with Crippen molar-refractivity contribution in [3.63, 3.8) is 0 Å². The lowest BCUT2D eigenvalue weighted by Crippen LogP contribution is -2.37. The van der Waals surface area contributed by atoms with Gasteiger partial charge in [-0.2, -0.15) is 0 Å². The molecule has 1 aliphatic heterocycles. The number of ether oxygens (including phenoxy) is 1. The van der Waals surface area contributed by atoms with E-state index in [1.54, 1.807) is 6.07 Å². The molecule has 0 saturated carbocycles. The number of piperidine rings is 1. The quantitative estimate of drug-likeness (QED) is 0.673. The lowest BCUT2D eigenvalue weighted by Gasteiger charge is -2.32. The molecule has 0 aromatic heterocycles. The monoisotopic (exact) mass is 266 g/mol. The van der Waals surface area contributed by atoms with E-state index in [-0.39, 0.29) is 17.6 Å². The second-order valence-electron chi connectivity index (χ2n) is 4.72.